The molecule has 0 saturated heterocycles. The fourth-order valence-electron chi connectivity index (χ4n) is 2.38. The molecule has 0 aliphatic carbocycles. The van der Waals surface area contributed by atoms with Gasteiger partial charge in [0.2, 0.25) is 5.91 Å². The molecule has 1 aliphatic heterocycles. The van der Waals surface area contributed by atoms with Crippen LogP contribution in [0.15, 0.2) is 24.3 Å². The van der Waals surface area contributed by atoms with Crippen molar-refractivity contribution in [3.05, 3.63) is 39.9 Å². The number of hydrogen-bond donors (Lipinski definition) is 1. The number of halogens is 1. The number of nitrogens with zero attached hydrogens (tertiary/aromatic N) is 2. The molecule has 0 fully saturated rings. The Labute approximate surface area is 148 Å². The third-order valence-electron chi connectivity index (χ3n) is 3.54. The summed E-state index contributed by atoms with van der Waals surface area (Å²) in [6, 6.07) is 6.89. The van der Waals surface area contributed by atoms with Crippen molar-refractivity contribution in [2.45, 2.75) is 19.9 Å². The monoisotopic (exact) mass is 365 g/mol. The molecule has 0 radical (unpaired) electrons. The molecule has 1 aromatic carbocycles. The molecular formula is C16H16ClN3O3S. The number of anilines is 1. The molecule has 1 N–H and O–H groups in total. The lowest BCUT2D eigenvalue weighted by molar-refractivity contribution is -0.134. The van der Waals surface area contributed by atoms with E-state index in [0.717, 1.165) is 10.6 Å². The second kappa shape index (κ2) is 7.19. The molecule has 0 spiro atoms. The number of ether oxygens (including phenoxy) is 1. The van der Waals surface area contributed by atoms with Gasteiger partial charge in [0.25, 0.3) is 5.91 Å². The van der Waals surface area contributed by atoms with Gasteiger partial charge < -0.3 is 15.0 Å². The summed E-state index contributed by atoms with van der Waals surface area (Å²) in [5, 5.41) is 3.89. The first-order valence-corrected chi connectivity index (χ1v) is 8.63. The Hall–Kier alpha value is -2.12. The average Bonchev–Trinajstić information content (AvgIpc) is 2.94. The molecule has 0 unspecified atom stereocenters. The number of hydrogen-bond acceptors (Lipinski definition) is 5. The van der Waals surface area contributed by atoms with Crippen molar-refractivity contribution in [3.63, 3.8) is 0 Å². The molecular weight excluding hydrogens is 350 g/mol. The minimum Gasteiger partial charge on any atom is -0.484 e. The van der Waals surface area contributed by atoms with Crippen molar-refractivity contribution >= 4 is 39.9 Å². The van der Waals surface area contributed by atoms with Gasteiger partial charge in [-0.1, -0.05) is 22.9 Å². The highest BCUT2D eigenvalue weighted by molar-refractivity contribution is 7.15. The van der Waals surface area contributed by atoms with E-state index < -0.39 is 0 Å². The number of nitrogens with one attached hydrogen (secondary N) is 1. The van der Waals surface area contributed by atoms with Crippen molar-refractivity contribution in [2.75, 3.05) is 18.5 Å². The summed E-state index contributed by atoms with van der Waals surface area (Å²) in [6.45, 7) is 2.52. The van der Waals surface area contributed by atoms with Crippen LogP contribution in [-0.4, -0.2) is 34.8 Å². The van der Waals surface area contributed by atoms with E-state index in [9.17, 15) is 9.59 Å². The predicted molar refractivity (Wildman–Crippen MR) is 92.5 cm³/mol. The number of benzene rings is 1. The number of rotatable bonds is 4. The summed E-state index contributed by atoms with van der Waals surface area (Å²) in [5.74, 6) is 0.381. The Kier molecular flexibility index (Phi) is 5.01. The van der Waals surface area contributed by atoms with Crippen LogP contribution in [0.5, 0.6) is 5.75 Å². The maximum absolute atomic E-state index is 12.3. The van der Waals surface area contributed by atoms with E-state index in [0.29, 0.717) is 35.4 Å². The molecule has 24 heavy (non-hydrogen) atoms. The lowest BCUT2D eigenvalue weighted by atomic mass is 10.2. The number of amides is 2. The smallest absolute Gasteiger partial charge is 0.260 e. The largest absolute Gasteiger partial charge is 0.484 e. The molecule has 8 heteroatoms. The van der Waals surface area contributed by atoms with E-state index in [2.05, 4.69) is 10.3 Å². The van der Waals surface area contributed by atoms with Crippen LogP contribution in [0.2, 0.25) is 5.02 Å². The zero-order valence-electron chi connectivity index (χ0n) is 13.0. The Morgan fingerprint density at radius 1 is 1.38 bits per heavy atom. The first-order valence-electron chi connectivity index (χ1n) is 7.43. The van der Waals surface area contributed by atoms with Crippen LogP contribution in [0, 0.1) is 0 Å². The van der Waals surface area contributed by atoms with Gasteiger partial charge in [0.05, 0.1) is 12.2 Å². The zero-order valence-corrected chi connectivity index (χ0v) is 14.6. The molecule has 0 bridgehead atoms. The average molecular weight is 366 g/mol. The quantitative estimate of drug-likeness (QED) is 0.904. The van der Waals surface area contributed by atoms with Gasteiger partial charge in [-0.2, -0.15) is 0 Å². The van der Waals surface area contributed by atoms with E-state index in [4.69, 9.17) is 16.3 Å². The maximum atomic E-state index is 12.3. The van der Waals surface area contributed by atoms with E-state index in [1.54, 1.807) is 29.2 Å². The summed E-state index contributed by atoms with van der Waals surface area (Å²) in [6.07, 6.45) is 0.679. The summed E-state index contributed by atoms with van der Waals surface area (Å²) in [5.41, 5.74) is 0.950. The third kappa shape index (κ3) is 4.04. The van der Waals surface area contributed by atoms with Gasteiger partial charge in [0.15, 0.2) is 11.7 Å². The van der Waals surface area contributed by atoms with Gasteiger partial charge in [-0.3, -0.25) is 9.59 Å². The Bertz CT molecular complexity index is 760. The standard InChI is InChI=1S/C16H16ClN3O3S/c1-10(21)18-16-19-13-6-7-20(8-14(13)24-16)15(22)9-23-12-4-2-11(17)3-5-12/h2-5H,6-9H2,1H3,(H,18,19,21). The molecule has 0 atom stereocenters. The number of carbonyl (C=O) groups excluding carboxylic acids is 2. The number of carbonyl (C=O) groups is 2. The molecule has 3 rings (SSSR count). The van der Waals surface area contributed by atoms with E-state index in [-0.39, 0.29) is 18.4 Å². The van der Waals surface area contributed by atoms with Crippen molar-refractivity contribution < 1.29 is 14.3 Å². The second-order valence-electron chi connectivity index (χ2n) is 5.38. The summed E-state index contributed by atoms with van der Waals surface area (Å²) in [4.78, 5) is 30.6. The normalized spacial score (nSPS) is 13.3. The van der Waals surface area contributed by atoms with Crippen LogP contribution in [-0.2, 0) is 22.6 Å². The third-order valence-corrected chi connectivity index (χ3v) is 4.79. The first kappa shape index (κ1) is 16.7. The van der Waals surface area contributed by atoms with Crippen LogP contribution >= 0.6 is 22.9 Å². The first-order chi connectivity index (χ1) is 11.5. The Morgan fingerprint density at radius 3 is 2.83 bits per heavy atom. The van der Waals surface area contributed by atoms with Gasteiger partial charge in [0.1, 0.15) is 5.75 Å². The number of thiazole rings is 1. The highest BCUT2D eigenvalue weighted by Crippen LogP contribution is 2.28. The summed E-state index contributed by atoms with van der Waals surface area (Å²) in [7, 11) is 0. The lowest BCUT2D eigenvalue weighted by Gasteiger charge is -2.26. The van der Waals surface area contributed by atoms with E-state index >= 15 is 0 Å². The van der Waals surface area contributed by atoms with Gasteiger partial charge >= 0.3 is 0 Å². The van der Waals surface area contributed by atoms with Gasteiger partial charge in [0, 0.05) is 29.8 Å². The number of aromatic nitrogens is 1. The number of fused-ring (bicyclic) bond motifs is 1. The second-order valence-corrected chi connectivity index (χ2v) is 6.90. The zero-order chi connectivity index (χ0) is 17.1. The van der Waals surface area contributed by atoms with Gasteiger partial charge in [-0.05, 0) is 24.3 Å². The van der Waals surface area contributed by atoms with Crippen LogP contribution in [0.3, 0.4) is 0 Å². The van der Waals surface area contributed by atoms with Crippen molar-refractivity contribution in [1.29, 1.82) is 0 Å². The van der Waals surface area contributed by atoms with E-state index in [1.165, 1.54) is 18.3 Å². The van der Waals surface area contributed by atoms with Gasteiger partial charge in [-0.25, -0.2) is 4.98 Å². The minimum absolute atomic E-state index is 0.0195. The fourth-order valence-corrected chi connectivity index (χ4v) is 3.58. The fraction of sp³-hybridized carbons (Fsp3) is 0.312. The van der Waals surface area contributed by atoms with Crippen LogP contribution < -0.4 is 10.1 Å². The topological polar surface area (TPSA) is 71.5 Å². The van der Waals surface area contributed by atoms with Crippen LogP contribution in [0.4, 0.5) is 5.13 Å². The molecule has 126 valence electrons. The molecule has 1 aromatic heterocycles. The van der Waals surface area contributed by atoms with E-state index in [1.807, 2.05) is 0 Å². The predicted octanol–water partition coefficient (Wildman–Crippen LogP) is 2.72. The van der Waals surface area contributed by atoms with Crippen molar-refractivity contribution in [2.24, 2.45) is 0 Å². The van der Waals surface area contributed by atoms with Crippen LogP contribution in [0.1, 0.15) is 17.5 Å². The maximum Gasteiger partial charge on any atom is 0.260 e. The van der Waals surface area contributed by atoms with Crippen molar-refractivity contribution in [1.82, 2.24) is 9.88 Å². The van der Waals surface area contributed by atoms with Crippen LogP contribution in [0.25, 0.3) is 0 Å². The SMILES string of the molecule is CC(=O)Nc1nc2c(s1)CN(C(=O)COc1ccc(Cl)cc1)CC2. The Morgan fingerprint density at radius 2 is 2.12 bits per heavy atom. The molecule has 6 nitrogen and oxygen atoms in total. The van der Waals surface area contributed by atoms with Gasteiger partial charge in [-0.15, -0.1) is 0 Å². The molecule has 2 amide bonds. The summed E-state index contributed by atoms with van der Waals surface area (Å²) >= 11 is 7.22. The highest BCUT2D eigenvalue weighted by Gasteiger charge is 2.24. The molecule has 2 aromatic rings. The molecule has 2 heterocycles. The highest BCUT2D eigenvalue weighted by atomic mass is 35.5. The minimum atomic E-state index is -0.148. The Balaban J connectivity index is 1.58. The lowest BCUT2D eigenvalue weighted by Crippen LogP contribution is -2.38. The molecule has 1 aliphatic rings. The van der Waals surface area contributed by atoms with Crippen molar-refractivity contribution in [3.8, 4) is 5.75 Å². The summed E-state index contributed by atoms with van der Waals surface area (Å²) < 4.78 is 5.50. The molecule has 0 saturated carbocycles.